The summed E-state index contributed by atoms with van der Waals surface area (Å²) in [5.41, 5.74) is 1.70. The van der Waals surface area contributed by atoms with E-state index in [1.165, 1.54) is 30.6 Å². The molecule has 2 aromatic carbocycles. The zero-order chi connectivity index (χ0) is 25.5. The van der Waals surface area contributed by atoms with E-state index in [0.717, 1.165) is 31.5 Å². The van der Waals surface area contributed by atoms with Gasteiger partial charge in [0.05, 0.1) is 12.4 Å². The summed E-state index contributed by atoms with van der Waals surface area (Å²) >= 11 is 0. The van der Waals surface area contributed by atoms with Crippen molar-refractivity contribution in [3.8, 4) is 0 Å². The first-order valence-electron chi connectivity index (χ1n) is 11.8. The number of aliphatic hydroxyl groups is 1. The number of nitrogens with one attached hydrogen (secondary N) is 3. The van der Waals surface area contributed by atoms with Gasteiger partial charge in [0.2, 0.25) is 0 Å². The Balaban J connectivity index is 1.29. The molecular formula is C26H28FN5O4. The summed E-state index contributed by atoms with van der Waals surface area (Å²) in [6.45, 7) is 2.64. The molecule has 2 heterocycles. The Morgan fingerprint density at radius 2 is 1.72 bits per heavy atom. The maximum Gasteiger partial charge on any atom is 0.276 e. The van der Waals surface area contributed by atoms with Gasteiger partial charge in [-0.1, -0.05) is 12.1 Å². The highest BCUT2D eigenvalue weighted by atomic mass is 19.1. The van der Waals surface area contributed by atoms with Crippen LogP contribution >= 0.6 is 0 Å². The number of benzene rings is 2. The van der Waals surface area contributed by atoms with E-state index in [9.17, 15) is 23.9 Å². The van der Waals surface area contributed by atoms with Gasteiger partial charge in [-0.25, -0.2) is 9.37 Å². The summed E-state index contributed by atoms with van der Waals surface area (Å²) < 4.78 is 13.0. The number of amides is 2. The van der Waals surface area contributed by atoms with Gasteiger partial charge in [-0.3, -0.25) is 14.4 Å². The van der Waals surface area contributed by atoms with Gasteiger partial charge in [-0.15, -0.1) is 0 Å². The third-order valence-corrected chi connectivity index (χ3v) is 6.09. The fourth-order valence-corrected chi connectivity index (χ4v) is 4.02. The SMILES string of the molecule is O=C(Cc1ccc(NC(=O)c2nc[nH]c2C(=O)NCCN2CCC(O)CC2)cc1)c1ccc(F)cc1. The summed E-state index contributed by atoms with van der Waals surface area (Å²) in [5.74, 6) is -1.51. The van der Waals surface area contributed by atoms with Crippen LogP contribution in [-0.2, 0) is 6.42 Å². The van der Waals surface area contributed by atoms with E-state index in [-0.39, 0.29) is 29.7 Å². The molecule has 3 aromatic rings. The number of carbonyl (C=O) groups excluding carboxylic acids is 3. The number of imidazole rings is 1. The Morgan fingerprint density at radius 3 is 2.42 bits per heavy atom. The van der Waals surface area contributed by atoms with Crippen LogP contribution in [0.25, 0.3) is 0 Å². The van der Waals surface area contributed by atoms with E-state index in [1.807, 2.05) is 0 Å². The monoisotopic (exact) mass is 493 g/mol. The average Bonchev–Trinajstić information content (AvgIpc) is 3.37. The van der Waals surface area contributed by atoms with Gasteiger partial charge in [0.1, 0.15) is 11.5 Å². The number of rotatable bonds is 9. The minimum atomic E-state index is -0.540. The van der Waals surface area contributed by atoms with Crippen LogP contribution in [0.3, 0.4) is 0 Å². The van der Waals surface area contributed by atoms with Gasteiger partial charge in [-0.05, 0) is 54.8 Å². The number of H-pyrrole nitrogens is 1. The molecule has 4 N–H and O–H groups in total. The van der Waals surface area contributed by atoms with Crippen LogP contribution in [0.1, 0.15) is 49.7 Å². The van der Waals surface area contributed by atoms with Crippen molar-refractivity contribution in [2.45, 2.75) is 25.4 Å². The van der Waals surface area contributed by atoms with E-state index in [0.29, 0.717) is 24.3 Å². The molecule has 1 fully saturated rings. The molecule has 0 radical (unpaired) electrons. The molecule has 0 aliphatic carbocycles. The fraction of sp³-hybridized carbons (Fsp3) is 0.308. The number of ketones is 1. The first kappa shape index (κ1) is 25.2. The highest BCUT2D eigenvalue weighted by molar-refractivity contribution is 6.10. The minimum absolute atomic E-state index is 0.0239. The largest absolute Gasteiger partial charge is 0.393 e. The van der Waals surface area contributed by atoms with Crippen molar-refractivity contribution in [3.05, 3.63) is 83.2 Å². The van der Waals surface area contributed by atoms with E-state index < -0.39 is 17.6 Å². The highest BCUT2D eigenvalue weighted by Crippen LogP contribution is 2.15. The van der Waals surface area contributed by atoms with Crippen molar-refractivity contribution in [1.29, 1.82) is 0 Å². The summed E-state index contributed by atoms with van der Waals surface area (Å²) in [4.78, 5) is 46.6. The first-order valence-corrected chi connectivity index (χ1v) is 11.8. The van der Waals surface area contributed by atoms with Crippen molar-refractivity contribution in [2.75, 3.05) is 31.5 Å². The topological polar surface area (TPSA) is 127 Å². The number of carbonyl (C=O) groups is 3. The summed E-state index contributed by atoms with van der Waals surface area (Å²) in [7, 11) is 0. The molecule has 10 heteroatoms. The molecule has 0 atom stereocenters. The summed E-state index contributed by atoms with van der Waals surface area (Å²) in [6.07, 6.45) is 2.64. The highest BCUT2D eigenvalue weighted by Gasteiger charge is 2.21. The second kappa shape index (κ2) is 11.7. The zero-order valence-electron chi connectivity index (χ0n) is 19.7. The minimum Gasteiger partial charge on any atom is -0.393 e. The molecule has 0 saturated carbocycles. The van der Waals surface area contributed by atoms with E-state index in [1.54, 1.807) is 24.3 Å². The molecule has 0 bridgehead atoms. The van der Waals surface area contributed by atoms with Crippen LogP contribution < -0.4 is 10.6 Å². The molecule has 0 spiro atoms. The molecule has 1 aliphatic rings. The predicted molar refractivity (Wildman–Crippen MR) is 131 cm³/mol. The normalized spacial score (nSPS) is 14.4. The molecular weight excluding hydrogens is 465 g/mol. The van der Waals surface area contributed by atoms with Gasteiger partial charge < -0.3 is 25.6 Å². The molecule has 1 aromatic heterocycles. The Bertz CT molecular complexity index is 1200. The lowest BCUT2D eigenvalue weighted by atomic mass is 10.0. The summed E-state index contributed by atoms with van der Waals surface area (Å²) in [5, 5.41) is 15.1. The fourth-order valence-electron chi connectivity index (χ4n) is 4.02. The number of aromatic nitrogens is 2. The second-order valence-electron chi connectivity index (χ2n) is 8.71. The van der Waals surface area contributed by atoms with Crippen LogP contribution in [0.5, 0.6) is 0 Å². The van der Waals surface area contributed by atoms with Crippen molar-refractivity contribution in [2.24, 2.45) is 0 Å². The third-order valence-electron chi connectivity index (χ3n) is 6.09. The van der Waals surface area contributed by atoms with Crippen molar-refractivity contribution < 1.29 is 23.9 Å². The Kier molecular flexibility index (Phi) is 8.19. The number of hydrogen-bond acceptors (Lipinski definition) is 6. The molecule has 2 amide bonds. The summed E-state index contributed by atoms with van der Waals surface area (Å²) in [6, 6.07) is 12.1. The van der Waals surface area contributed by atoms with Gasteiger partial charge >= 0.3 is 0 Å². The molecule has 188 valence electrons. The van der Waals surface area contributed by atoms with Gasteiger partial charge in [0, 0.05) is 43.9 Å². The molecule has 0 unspecified atom stereocenters. The van der Waals surface area contributed by atoms with Crippen LogP contribution in [0.4, 0.5) is 10.1 Å². The van der Waals surface area contributed by atoms with Crippen LogP contribution in [0, 0.1) is 5.82 Å². The number of likely N-dealkylation sites (tertiary alicyclic amines) is 1. The van der Waals surface area contributed by atoms with Crippen LogP contribution in [0.2, 0.25) is 0 Å². The molecule has 36 heavy (non-hydrogen) atoms. The number of anilines is 1. The second-order valence-corrected chi connectivity index (χ2v) is 8.71. The van der Waals surface area contributed by atoms with Crippen LogP contribution in [-0.4, -0.2) is 69.9 Å². The molecule has 4 rings (SSSR count). The van der Waals surface area contributed by atoms with Crippen molar-refractivity contribution in [1.82, 2.24) is 20.2 Å². The number of halogens is 1. The quantitative estimate of drug-likeness (QED) is 0.339. The molecule has 1 saturated heterocycles. The third kappa shape index (κ3) is 6.61. The smallest absolute Gasteiger partial charge is 0.276 e. The maximum atomic E-state index is 13.0. The number of Topliss-reactive ketones (excluding diaryl/α,β-unsaturated/α-hetero) is 1. The van der Waals surface area contributed by atoms with Gasteiger partial charge in [0.25, 0.3) is 11.8 Å². The lowest BCUT2D eigenvalue weighted by Gasteiger charge is -2.29. The Labute approximate surface area is 207 Å². The number of aliphatic hydroxyl groups excluding tert-OH is 1. The first-order chi connectivity index (χ1) is 17.4. The standard InChI is InChI=1S/C26H28FN5O4/c27-19-5-3-18(4-6-19)22(34)15-17-1-7-20(8-2-17)31-26(36)24-23(29-16-30-24)25(35)28-11-14-32-12-9-21(33)10-13-32/h1-8,16,21,33H,9-15H2,(H,28,35)(H,29,30)(H,31,36). The van der Waals surface area contributed by atoms with E-state index >= 15 is 0 Å². The van der Waals surface area contributed by atoms with Gasteiger partial charge in [0.15, 0.2) is 11.5 Å². The Hall–Kier alpha value is -3.89. The van der Waals surface area contributed by atoms with Gasteiger partial charge in [-0.2, -0.15) is 0 Å². The number of aromatic amines is 1. The van der Waals surface area contributed by atoms with E-state index in [2.05, 4.69) is 25.5 Å². The van der Waals surface area contributed by atoms with Crippen molar-refractivity contribution in [3.63, 3.8) is 0 Å². The average molecular weight is 494 g/mol. The molecule has 1 aliphatic heterocycles. The number of piperidine rings is 1. The number of hydrogen-bond donors (Lipinski definition) is 4. The van der Waals surface area contributed by atoms with Crippen molar-refractivity contribution >= 4 is 23.3 Å². The lowest BCUT2D eigenvalue weighted by Crippen LogP contribution is -2.41. The van der Waals surface area contributed by atoms with Crippen LogP contribution in [0.15, 0.2) is 54.9 Å². The molecule has 9 nitrogen and oxygen atoms in total. The predicted octanol–water partition coefficient (Wildman–Crippen LogP) is 2.41. The lowest BCUT2D eigenvalue weighted by molar-refractivity contribution is 0.0803. The maximum absolute atomic E-state index is 13.0. The van der Waals surface area contributed by atoms with E-state index in [4.69, 9.17) is 0 Å². The zero-order valence-corrected chi connectivity index (χ0v) is 19.7. The number of nitrogens with zero attached hydrogens (tertiary/aromatic N) is 2. The Morgan fingerprint density at radius 1 is 1.03 bits per heavy atom.